The van der Waals surface area contributed by atoms with Gasteiger partial charge in [0.1, 0.15) is 18.8 Å². The molecule has 0 aliphatic rings. The normalized spacial score (nSPS) is 16.1. The van der Waals surface area contributed by atoms with Crippen LogP contribution in [0.3, 0.4) is 0 Å². The third kappa shape index (κ3) is 7.91. The summed E-state index contributed by atoms with van der Waals surface area (Å²) in [5.74, 6) is -2.08. The highest BCUT2D eigenvalue weighted by Gasteiger charge is 2.37. The fraction of sp³-hybridized carbons (Fsp3) is 0.769. The van der Waals surface area contributed by atoms with Gasteiger partial charge in [-0.15, -0.1) is 0 Å². The molecule has 0 amide bonds. The fourth-order valence-corrected chi connectivity index (χ4v) is 1.72. The van der Waals surface area contributed by atoms with E-state index in [0.717, 1.165) is 20.8 Å². The van der Waals surface area contributed by atoms with Gasteiger partial charge in [0.25, 0.3) is 0 Å². The lowest BCUT2D eigenvalue weighted by molar-refractivity contribution is -0.185. The number of hydrogen-bond donors (Lipinski definition) is 3. The molecule has 0 bridgehead atoms. The van der Waals surface area contributed by atoms with Crippen LogP contribution >= 0.6 is 0 Å². The second kappa shape index (κ2) is 10.1. The number of esters is 3. The first-order valence-electron chi connectivity index (χ1n) is 6.67. The van der Waals surface area contributed by atoms with Crippen LogP contribution in [0.4, 0.5) is 0 Å². The third-order valence-electron chi connectivity index (χ3n) is 2.58. The van der Waals surface area contributed by atoms with Crippen LogP contribution in [0.1, 0.15) is 20.8 Å². The molecule has 0 saturated heterocycles. The van der Waals surface area contributed by atoms with Crippen molar-refractivity contribution < 1.29 is 38.8 Å². The van der Waals surface area contributed by atoms with Crippen molar-refractivity contribution in [3.63, 3.8) is 0 Å². The lowest BCUT2D eigenvalue weighted by Gasteiger charge is -2.31. The molecular formula is C13H23NO8. The van der Waals surface area contributed by atoms with E-state index in [1.165, 1.54) is 0 Å². The number of carbonyl (C=O) groups excluding carboxylic acids is 3. The van der Waals surface area contributed by atoms with E-state index in [1.807, 2.05) is 0 Å². The van der Waals surface area contributed by atoms with Gasteiger partial charge < -0.3 is 29.7 Å². The molecule has 0 fully saturated rings. The molecule has 0 aromatic heterocycles. The van der Waals surface area contributed by atoms with Crippen molar-refractivity contribution in [2.24, 2.45) is 0 Å². The molecule has 128 valence electrons. The van der Waals surface area contributed by atoms with E-state index in [9.17, 15) is 24.6 Å². The Hall–Kier alpha value is -1.71. The van der Waals surface area contributed by atoms with Gasteiger partial charge in [-0.05, 0) is 7.05 Å². The summed E-state index contributed by atoms with van der Waals surface area (Å²) >= 11 is 0. The quantitative estimate of drug-likeness (QED) is 0.338. The van der Waals surface area contributed by atoms with Gasteiger partial charge in [0, 0.05) is 27.3 Å². The largest absolute Gasteiger partial charge is 0.462 e. The van der Waals surface area contributed by atoms with Crippen LogP contribution in [0.2, 0.25) is 0 Å². The SMILES string of the molecule is CNC[C@H](O)[C@@H](OC(C)=O)[C@H](O)[C@@H](COC(C)=O)OC(C)=O. The highest BCUT2D eigenvalue weighted by molar-refractivity contribution is 5.67. The zero-order chi connectivity index (χ0) is 17.3. The van der Waals surface area contributed by atoms with Crippen LogP contribution in [0.25, 0.3) is 0 Å². The summed E-state index contributed by atoms with van der Waals surface area (Å²) in [6.07, 6.45) is -5.46. The Labute approximate surface area is 128 Å². The Morgan fingerprint density at radius 2 is 1.55 bits per heavy atom. The van der Waals surface area contributed by atoms with E-state index in [4.69, 9.17) is 14.2 Å². The number of aliphatic hydroxyl groups is 2. The molecule has 9 nitrogen and oxygen atoms in total. The van der Waals surface area contributed by atoms with Crippen molar-refractivity contribution in [2.75, 3.05) is 20.2 Å². The Morgan fingerprint density at radius 1 is 1.00 bits per heavy atom. The average Bonchev–Trinajstić information content (AvgIpc) is 2.39. The molecule has 0 saturated carbocycles. The van der Waals surface area contributed by atoms with Gasteiger partial charge in [-0.3, -0.25) is 14.4 Å². The second-order valence-corrected chi connectivity index (χ2v) is 4.64. The van der Waals surface area contributed by atoms with Crippen LogP contribution < -0.4 is 5.32 Å². The highest BCUT2D eigenvalue weighted by atomic mass is 16.6. The Balaban J connectivity index is 5.11. The van der Waals surface area contributed by atoms with Crippen molar-refractivity contribution >= 4 is 17.9 Å². The molecule has 0 aromatic rings. The van der Waals surface area contributed by atoms with Crippen molar-refractivity contribution in [1.82, 2.24) is 5.32 Å². The number of rotatable bonds is 9. The predicted molar refractivity (Wildman–Crippen MR) is 73.7 cm³/mol. The van der Waals surface area contributed by atoms with Crippen molar-refractivity contribution in [3.8, 4) is 0 Å². The molecule has 22 heavy (non-hydrogen) atoms. The molecule has 0 rings (SSSR count). The molecule has 3 N–H and O–H groups in total. The number of ether oxygens (including phenoxy) is 3. The molecule has 0 aliphatic heterocycles. The summed E-state index contributed by atoms with van der Waals surface area (Å²) in [7, 11) is 1.56. The monoisotopic (exact) mass is 321 g/mol. The summed E-state index contributed by atoms with van der Waals surface area (Å²) < 4.78 is 14.5. The lowest BCUT2D eigenvalue weighted by atomic mass is 10.0. The zero-order valence-corrected chi connectivity index (χ0v) is 13.1. The number of hydrogen-bond acceptors (Lipinski definition) is 9. The van der Waals surface area contributed by atoms with Gasteiger partial charge in [-0.2, -0.15) is 0 Å². The van der Waals surface area contributed by atoms with Crippen molar-refractivity contribution in [3.05, 3.63) is 0 Å². The van der Waals surface area contributed by atoms with Gasteiger partial charge >= 0.3 is 17.9 Å². The number of carbonyl (C=O) groups is 3. The number of nitrogens with one attached hydrogen (secondary N) is 1. The lowest BCUT2D eigenvalue weighted by Crippen LogP contribution is -2.52. The molecule has 0 heterocycles. The molecule has 0 unspecified atom stereocenters. The predicted octanol–water partition coefficient (Wildman–Crippen LogP) is -1.65. The Bertz CT molecular complexity index is 386. The first-order chi connectivity index (χ1) is 10.2. The van der Waals surface area contributed by atoms with Crippen LogP contribution in [-0.4, -0.2) is 72.7 Å². The average molecular weight is 321 g/mol. The zero-order valence-electron chi connectivity index (χ0n) is 13.1. The van der Waals surface area contributed by atoms with Crippen LogP contribution in [0, 0.1) is 0 Å². The van der Waals surface area contributed by atoms with Crippen molar-refractivity contribution in [1.29, 1.82) is 0 Å². The van der Waals surface area contributed by atoms with Crippen LogP contribution in [0.5, 0.6) is 0 Å². The Morgan fingerprint density at radius 3 is 1.95 bits per heavy atom. The molecule has 4 atom stereocenters. The molecule has 0 radical (unpaired) electrons. The van der Waals surface area contributed by atoms with E-state index in [1.54, 1.807) is 7.05 Å². The van der Waals surface area contributed by atoms with Gasteiger partial charge in [0.15, 0.2) is 12.2 Å². The maximum atomic E-state index is 11.1. The summed E-state index contributed by atoms with van der Waals surface area (Å²) in [5.41, 5.74) is 0. The molecule has 9 heteroatoms. The number of likely N-dealkylation sites (N-methyl/N-ethyl adjacent to an activating group) is 1. The second-order valence-electron chi connectivity index (χ2n) is 4.64. The van der Waals surface area contributed by atoms with E-state index in [0.29, 0.717) is 0 Å². The molecule has 0 spiro atoms. The molecular weight excluding hydrogens is 298 g/mol. The minimum absolute atomic E-state index is 0.0232. The summed E-state index contributed by atoms with van der Waals surface area (Å²) in [6.45, 7) is 2.96. The third-order valence-corrected chi connectivity index (χ3v) is 2.58. The smallest absolute Gasteiger partial charge is 0.303 e. The van der Waals surface area contributed by atoms with Gasteiger partial charge in [0.05, 0.1) is 0 Å². The first kappa shape index (κ1) is 20.3. The van der Waals surface area contributed by atoms with Crippen LogP contribution in [-0.2, 0) is 28.6 Å². The fourth-order valence-electron chi connectivity index (χ4n) is 1.72. The summed E-state index contributed by atoms with van der Waals surface area (Å²) in [6, 6.07) is 0. The van der Waals surface area contributed by atoms with E-state index in [-0.39, 0.29) is 6.54 Å². The first-order valence-corrected chi connectivity index (χ1v) is 6.67. The highest BCUT2D eigenvalue weighted by Crippen LogP contribution is 2.13. The van der Waals surface area contributed by atoms with Crippen LogP contribution in [0.15, 0.2) is 0 Å². The number of aliphatic hydroxyl groups excluding tert-OH is 2. The van der Waals surface area contributed by atoms with Gasteiger partial charge in [0.2, 0.25) is 0 Å². The maximum Gasteiger partial charge on any atom is 0.303 e. The topological polar surface area (TPSA) is 131 Å². The van der Waals surface area contributed by atoms with E-state index < -0.39 is 48.9 Å². The standard InChI is InChI=1S/C13H23NO8/c1-7(15)20-6-11(21-8(2)16)12(19)13(22-9(3)17)10(18)5-14-4/h10-14,18-19H,5-6H2,1-4H3/t10-,11+,12+,13+/m0/s1. The Kier molecular flexibility index (Phi) is 9.31. The van der Waals surface area contributed by atoms with Gasteiger partial charge in [-0.25, -0.2) is 0 Å². The van der Waals surface area contributed by atoms with E-state index >= 15 is 0 Å². The van der Waals surface area contributed by atoms with Crippen molar-refractivity contribution in [2.45, 2.75) is 45.2 Å². The molecule has 0 aromatic carbocycles. The van der Waals surface area contributed by atoms with E-state index in [2.05, 4.69) is 5.32 Å². The molecule has 0 aliphatic carbocycles. The van der Waals surface area contributed by atoms with Gasteiger partial charge in [-0.1, -0.05) is 0 Å². The summed E-state index contributed by atoms with van der Waals surface area (Å²) in [4.78, 5) is 33.1. The maximum absolute atomic E-state index is 11.1. The summed E-state index contributed by atoms with van der Waals surface area (Å²) in [5, 5.41) is 22.8. The minimum Gasteiger partial charge on any atom is -0.462 e. The minimum atomic E-state index is -1.57.